The van der Waals surface area contributed by atoms with Crippen LogP contribution in [0.5, 0.6) is 0 Å². The quantitative estimate of drug-likeness (QED) is 0.628. The number of amides is 1. The van der Waals surface area contributed by atoms with E-state index in [1.807, 2.05) is 6.92 Å². The Balaban J connectivity index is 1.45. The van der Waals surface area contributed by atoms with Crippen LogP contribution < -0.4 is 5.32 Å². The first-order valence-electron chi connectivity index (χ1n) is 10.5. The summed E-state index contributed by atoms with van der Waals surface area (Å²) in [4.78, 5) is 22.4. The third-order valence-electron chi connectivity index (χ3n) is 5.58. The van der Waals surface area contributed by atoms with Crippen molar-refractivity contribution in [1.29, 1.82) is 5.26 Å². The monoisotopic (exact) mass is 417 g/mol. The van der Waals surface area contributed by atoms with Crippen molar-refractivity contribution < 1.29 is 9.18 Å². The van der Waals surface area contributed by atoms with Crippen LogP contribution in [0.15, 0.2) is 54.2 Å². The number of rotatable bonds is 6. The molecule has 2 N–H and O–H groups in total. The Kier molecular flexibility index (Phi) is 6.10. The molecule has 1 aliphatic carbocycles. The zero-order valence-electron chi connectivity index (χ0n) is 17.4. The topological polar surface area (TPSA) is 84.8 Å². The maximum atomic E-state index is 13.2. The lowest BCUT2D eigenvalue weighted by atomic mass is 9.97. The first kappa shape index (κ1) is 20.8. The second-order valence-corrected chi connectivity index (χ2v) is 7.66. The average Bonchev–Trinajstić information content (AvgIpc) is 3.23. The number of hydrogen-bond acceptors (Lipinski definition) is 4. The molecule has 158 valence electrons. The van der Waals surface area contributed by atoms with Crippen molar-refractivity contribution in [2.24, 2.45) is 0 Å². The Bertz CT molecular complexity index is 1160. The van der Waals surface area contributed by atoms with E-state index in [2.05, 4.69) is 27.4 Å². The van der Waals surface area contributed by atoms with E-state index in [0.29, 0.717) is 24.2 Å². The minimum absolute atomic E-state index is 0.178. The summed E-state index contributed by atoms with van der Waals surface area (Å²) in [5.74, 6) is -0.143. The summed E-state index contributed by atoms with van der Waals surface area (Å²) >= 11 is 0. The van der Waals surface area contributed by atoms with Crippen LogP contribution in [-0.2, 0) is 6.54 Å². The van der Waals surface area contributed by atoms with E-state index in [1.54, 1.807) is 35.2 Å². The summed E-state index contributed by atoms with van der Waals surface area (Å²) in [5.41, 5.74) is 3.86. The molecule has 1 heterocycles. The van der Waals surface area contributed by atoms with E-state index in [0.717, 1.165) is 36.0 Å². The number of nitriles is 1. The van der Waals surface area contributed by atoms with E-state index in [1.165, 1.54) is 12.1 Å². The smallest absolute Gasteiger partial charge is 0.293 e. The van der Waals surface area contributed by atoms with Gasteiger partial charge in [0.15, 0.2) is 5.82 Å². The van der Waals surface area contributed by atoms with Crippen molar-refractivity contribution in [1.82, 2.24) is 20.2 Å². The molecule has 0 radical (unpaired) electrons. The van der Waals surface area contributed by atoms with Crippen LogP contribution in [0.2, 0.25) is 0 Å². The number of aromatic amines is 1. The fourth-order valence-electron chi connectivity index (χ4n) is 3.93. The van der Waals surface area contributed by atoms with Crippen molar-refractivity contribution in [2.45, 2.75) is 38.8 Å². The number of nitrogens with one attached hydrogen (secondary N) is 2. The highest BCUT2D eigenvalue weighted by Gasteiger charge is 2.25. The molecular formula is C24H24FN5O. The number of allylic oxidation sites excluding steroid dienone is 1. The first-order chi connectivity index (χ1) is 15.1. The third-order valence-corrected chi connectivity index (χ3v) is 5.58. The predicted octanol–water partition coefficient (Wildman–Crippen LogP) is 4.26. The maximum Gasteiger partial charge on any atom is 0.293 e. The van der Waals surface area contributed by atoms with Gasteiger partial charge in [-0.15, -0.1) is 0 Å². The summed E-state index contributed by atoms with van der Waals surface area (Å²) in [6.45, 7) is 3.14. The Hall–Kier alpha value is -3.50. The highest BCUT2D eigenvalue weighted by atomic mass is 19.1. The van der Waals surface area contributed by atoms with Gasteiger partial charge in [0.25, 0.3) is 5.91 Å². The van der Waals surface area contributed by atoms with Crippen molar-refractivity contribution in [3.05, 3.63) is 77.0 Å². The van der Waals surface area contributed by atoms with Gasteiger partial charge in [-0.25, -0.2) is 9.37 Å². The fourth-order valence-corrected chi connectivity index (χ4v) is 3.93. The molecule has 0 saturated carbocycles. The summed E-state index contributed by atoms with van der Waals surface area (Å²) in [7, 11) is 0. The van der Waals surface area contributed by atoms with E-state index >= 15 is 0 Å². The first-order valence-corrected chi connectivity index (χ1v) is 10.5. The number of imidazole rings is 1. The van der Waals surface area contributed by atoms with E-state index in [4.69, 9.17) is 5.26 Å². The molecule has 2 aromatic carbocycles. The van der Waals surface area contributed by atoms with Gasteiger partial charge in [-0.2, -0.15) is 5.26 Å². The van der Waals surface area contributed by atoms with Gasteiger partial charge in [0.1, 0.15) is 5.82 Å². The lowest BCUT2D eigenvalue weighted by Crippen LogP contribution is -2.37. The summed E-state index contributed by atoms with van der Waals surface area (Å²) in [6, 6.07) is 14.0. The molecular weight excluding hydrogens is 393 g/mol. The molecule has 1 atom stereocenters. The predicted molar refractivity (Wildman–Crippen MR) is 116 cm³/mol. The van der Waals surface area contributed by atoms with Gasteiger partial charge in [-0.1, -0.05) is 18.2 Å². The highest BCUT2D eigenvalue weighted by Crippen LogP contribution is 2.24. The number of H-pyrrole nitrogens is 1. The molecule has 7 heteroatoms. The van der Waals surface area contributed by atoms with Crippen molar-refractivity contribution in [2.75, 3.05) is 6.54 Å². The van der Waals surface area contributed by atoms with E-state index in [9.17, 15) is 9.18 Å². The second-order valence-electron chi connectivity index (χ2n) is 7.66. The normalized spacial score (nSPS) is 16.0. The summed E-state index contributed by atoms with van der Waals surface area (Å²) < 4.78 is 13.1. The van der Waals surface area contributed by atoms with Gasteiger partial charge in [0.2, 0.25) is 0 Å². The molecule has 0 saturated heterocycles. The minimum atomic E-state index is -0.238. The Morgan fingerprint density at radius 2 is 2.13 bits per heavy atom. The molecule has 0 fully saturated rings. The van der Waals surface area contributed by atoms with E-state index < -0.39 is 0 Å². The molecule has 1 amide bonds. The van der Waals surface area contributed by atoms with Gasteiger partial charge < -0.3 is 15.2 Å². The van der Waals surface area contributed by atoms with Crippen molar-refractivity contribution >= 4 is 16.9 Å². The number of benzene rings is 2. The van der Waals surface area contributed by atoms with Crippen molar-refractivity contribution in [3.63, 3.8) is 0 Å². The SMILES string of the molecule is CCN(C(=O)c1nc2cc(C#N)ccc2[nH]1)C1=CCCC(NCc2ccc(F)cc2)C1. The molecule has 6 nitrogen and oxygen atoms in total. The molecule has 1 aliphatic rings. The lowest BCUT2D eigenvalue weighted by molar-refractivity contribution is 0.0792. The molecule has 0 aliphatic heterocycles. The zero-order valence-corrected chi connectivity index (χ0v) is 17.4. The molecule has 1 unspecified atom stereocenters. The van der Waals surface area contributed by atoms with E-state index in [-0.39, 0.29) is 23.6 Å². The van der Waals surface area contributed by atoms with Crippen LogP contribution in [0.4, 0.5) is 4.39 Å². The third kappa shape index (κ3) is 4.65. The molecule has 0 bridgehead atoms. The average molecular weight is 417 g/mol. The lowest BCUT2D eigenvalue weighted by Gasteiger charge is -2.30. The van der Waals surface area contributed by atoms with Gasteiger partial charge in [0, 0.05) is 31.2 Å². The van der Waals surface area contributed by atoms with Gasteiger partial charge >= 0.3 is 0 Å². The molecule has 4 rings (SSSR count). The summed E-state index contributed by atoms with van der Waals surface area (Å²) in [5, 5.41) is 12.6. The second kappa shape index (κ2) is 9.11. The standard InChI is InChI=1S/C24H24FN5O/c1-2-30(24(31)23-28-21-11-8-17(14-26)12-22(21)29-23)20-5-3-4-19(13-20)27-15-16-6-9-18(25)10-7-16/h5-12,19,27H,2-4,13,15H2,1H3,(H,28,29). The Labute approximate surface area is 180 Å². The number of carbonyl (C=O) groups is 1. The van der Waals surface area contributed by atoms with Crippen LogP contribution in [-0.4, -0.2) is 33.4 Å². The number of fused-ring (bicyclic) bond motifs is 1. The molecule has 1 aromatic heterocycles. The molecule has 31 heavy (non-hydrogen) atoms. The van der Waals surface area contributed by atoms with Gasteiger partial charge in [-0.3, -0.25) is 4.79 Å². The zero-order chi connectivity index (χ0) is 21.8. The Morgan fingerprint density at radius 3 is 2.87 bits per heavy atom. The number of carbonyl (C=O) groups excluding carboxylic acids is 1. The largest absolute Gasteiger partial charge is 0.334 e. The number of hydrogen-bond donors (Lipinski definition) is 2. The number of aromatic nitrogens is 2. The van der Waals surface area contributed by atoms with Crippen LogP contribution in [0.1, 0.15) is 47.9 Å². The van der Waals surface area contributed by atoms with Crippen LogP contribution in [0, 0.1) is 17.1 Å². The fraction of sp³-hybridized carbons (Fsp3) is 0.292. The Morgan fingerprint density at radius 1 is 1.32 bits per heavy atom. The van der Waals surface area contributed by atoms with Crippen LogP contribution in [0.3, 0.4) is 0 Å². The van der Waals surface area contributed by atoms with Gasteiger partial charge in [-0.05, 0) is 55.7 Å². The molecule has 3 aromatic rings. The van der Waals surface area contributed by atoms with Crippen LogP contribution in [0.25, 0.3) is 11.0 Å². The number of nitrogens with zero attached hydrogens (tertiary/aromatic N) is 3. The van der Waals surface area contributed by atoms with Gasteiger partial charge in [0.05, 0.1) is 22.7 Å². The molecule has 0 spiro atoms. The minimum Gasteiger partial charge on any atom is -0.334 e. The summed E-state index contributed by atoms with van der Waals surface area (Å²) in [6.07, 6.45) is 4.72. The maximum absolute atomic E-state index is 13.2. The van der Waals surface area contributed by atoms with Crippen LogP contribution >= 0.6 is 0 Å². The number of halogens is 1. The highest BCUT2D eigenvalue weighted by molar-refractivity contribution is 5.95. The van der Waals surface area contributed by atoms with Crippen molar-refractivity contribution in [3.8, 4) is 6.07 Å².